The molecule has 0 unspecified atom stereocenters. The molecule has 26 nitrogen and oxygen atoms in total. The maximum Gasteiger partial charge on any atom is 0.306 e. The van der Waals surface area contributed by atoms with E-state index < -0.39 is 183 Å². The minimum absolute atomic E-state index is 0.158. The van der Waals surface area contributed by atoms with Crippen LogP contribution in [-0.4, -0.2) is 144 Å². The summed E-state index contributed by atoms with van der Waals surface area (Å²) in [6.45, 7) is 45.3. The molecule has 103 heavy (non-hydrogen) atoms. The van der Waals surface area contributed by atoms with Crippen molar-refractivity contribution in [2.24, 2.45) is 0 Å². The third-order valence-electron chi connectivity index (χ3n) is 14.9. The maximum atomic E-state index is 15.1. The zero-order valence-corrected chi connectivity index (χ0v) is 67.9. The second-order valence-electron chi connectivity index (χ2n) is 36.1. The number of carbonyl (C=O) groups is 12. The first-order valence-corrected chi connectivity index (χ1v) is 36.2. The lowest BCUT2D eigenvalue weighted by atomic mass is 9.81. The van der Waals surface area contributed by atoms with E-state index in [-0.39, 0.29) is 116 Å². The number of ether oxygens (including phenoxy) is 10. The minimum atomic E-state index is -1.93. The molecule has 0 aromatic rings. The smallest absolute Gasteiger partial charge is 0.306 e. The molecular formula is C77H132N4O22. The van der Waals surface area contributed by atoms with Gasteiger partial charge >= 0.3 is 53.7 Å². The van der Waals surface area contributed by atoms with Crippen LogP contribution < -0.4 is 16.0 Å². The molecule has 0 bridgehead atoms. The van der Waals surface area contributed by atoms with Crippen molar-refractivity contribution >= 4 is 71.4 Å². The fourth-order valence-corrected chi connectivity index (χ4v) is 11.0. The van der Waals surface area contributed by atoms with Crippen LogP contribution in [0.2, 0.25) is 0 Å². The van der Waals surface area contributed by atoms with E-state index in [1.807, 2.05) is 0 Å². The van der Waals surface area contributed by atoms with Crippen molar-refractivity contribution in [3.05, 3.63) is 0 Å². The number of rotatable bonds is 40. The lowest BCUT2D eigenvalue weighted by Gasteiger charge is -2.38. The molecule has 0 radical (unpaired) electrons. The Morgan fingerprint density at radius 3 is 0.456 bits per heavy atom. The van der Waals surface area contributed by atoms with Crippen molar-refractivity contribution in [1.82, 2.24) is 16.0 Å². The van der Waals surface area contributed by atoms with Gasteiger partial charge < -0.3 is 63.3 Å². The van der Waals surface area contributed by atoms with E-state index >= 15 is 14.4 Å². The second kappa shape index (κ2) is 39.9. The number of hydrogen-bond acceptors (Lipinski definition) is 23. The molecule has 3 amide bonds. The van der Waals surface area contributed by atoms with Crippen LogP contribution in [0.25, 0.3) is 0 Å². The van der Waals surface area contributed by atoms with Crippen LogP contribution in [0.5, 0.6) is 0 Å². The summed E-state index contributed by atoms with van der Waals surface area (Å²) in [7, 11) is 0. The van der Waals surface area contributed by atoms with E-state index in [1.165, 1.54) is 0 Å². The van der Waals surface area contributed by atoms with Gasteiger partial charge in [0.15, 0.2) is 0 Å². The summed E-state index contributed by atoms with van der Waals surface area (Å²) >= 11 is 0. The Hall–Kier alpha value is -7.07. The number of nitriles is 1. The van der Waals surface area contributed by atoms with Crippen LogP contribution in [-0.2, 0) is 105 Å². The summed E-state index contributed by atoms with van der Waals surface area (Å²) < 4.78 is 57.0. The third-order valence-corrected chi connectivity index (χ3v) is 14.9. The number of nitrogens with one attached hydrogen (secondary N) is 3. The van der Waals surface area contributed by atoms with Crippen LogP contribution >= 0.6 is 0 Å². The van der Waals surface area contributed by atoms with E-state index in [0.717, 1.165) is 0 Å². The van der Waals surface area contributed by atoms with Gasteiger partial charge in [0.1, 0.15) is 56.0 Å². The molecular weight excluding hydrogens is 1330 g/mol. The Kier molecular flexibility index (Phi) is 37.1. The zero-order valence-electron chi connectivity index (χ0n) is 67.9. The Morgan fingerprint density at radius 1 is 0.223 bits per heavy atom. The van der Waals surface area contributed by atoms with Gasteiger partial charge in [-0.1, -0.05) is 0 Å². The van der Waals surface area contributed by atoms with Gasteiger partial charge in [-0.2, -0.15) is 5.26 Å². The van der Waals surface area contributed by atoms with Gasteiger partial charge in [0.05, 0.1) is 0 Å². The Labute approximate surface area is 615 Å². The lowest BCUT2D eigenvalue weighted by molar-refractivity contribution is -0.158. The Bertz CT molecular complexity index is 2350. The van der Waals surface area contributed by atoms with Gasteiger partial charge in [0, 0.05) is 93.7 Å². The van der Waals surface area contributed by atoms with Gasteiger partial charge in [-0.15, -0.1) is 0 Å². The lowest BCUT2D eigenvalue weighted by Crippen LogP contribution is -2.51. The third kappa shape index (κ3) is 49.3. The fourth-order valence-electron chi connectivity index (χ4n) is 11.0. The van der Waals surface area contributed by atoms with Crippen molar-refractivity contribution < 1.29 is 105 Å². The number of nitrogens with zero attached hydrogens (tertiary/aromatic N) is 1. The fraction of sp³-hybridized carbons (Fsp3) is 0.831. The van der Waals surface area contributed by atoms with Crippen molar-refractivity contribution in [1.29, 1.82) is 5.26 Å². The summed E-state index contributed by atoms with van der Waals surface area (Å²) in [6.07, 6.45) is -5.22. The quantitative estimate of drug-likeness (QED) is 0.0291. The van der Waals surface area contributed by atoms with Crippen LogP contribution in [0, 0.1) is 11.5 Å². The molecule has 0 saturated carbocycles. The average Bonchev–Trinajstić information content (AvgIpc) is 0.836. The minimum Gasteiger partial charge on any atom is -0.460 e. The molecule has 0 saturated heterocycles. The summed E-state index contributed by atoms with van der Waals surface area (Å²) in [5, 5.41) is 19.8. The Morgan fingerprint density at radius 2 is 0.350 bits per heavy atom. The highest BCUT2D eigenvalue weighted by molar-refractivity contribution is 5.81. The molecule has 0 rings (SSSR count). The zero-order chi connectivity index (χ0) is 80.3. The van der Waals surface area contributed by atoms with E-state index in [0.29, 0.717) is 0 Å². The van der Waals surface area contributed by atoms with Crippen molar-refractivity contribution in [3.8, 4) is 6.26 Å². The molecule has 3 N–H and O–H groups in total. The van der Waals surface area contributed by atoms with Crippen LogP contribution in [0.15, 0.2) is 0 Å². The highest BCUT2D eigenvalue weighted by Crippen LogP contribution is 2.36. The SMILES string of the molecule is CC(C)(C)OC(=O)CCC(CCC(=O)OC(C)(C)C)(CCC(=O)OC(C)(C)C)NC(=O)CCC(CCC(=O)NC(CCC(=O)OC(C)(C)C)(CCC(=O)OC(C)(C)C)CCC(=O)OC(C)(C)C)(CCC(=O)NC(CCC(=O)OC(C)(C)C)(CCC(=O)OC(C)(C)C)CCC(=O)OC(C)(C)C)OC#N. The highest BCUT2D eigenvalue weighted by atomic mass is 16.6. The summed E-state index contributed by atoms with van der Waals surface area (Å²) in [6, 6.07) is 0. The van der Waals surface area contributed by atoms with Crippen LogP contribution in [0.4, 0.5) is 0 Å². The summed E-state index contributed by atoms with van der Waals surface area (Å²) in [4.78, 5) is 167. The van der Waals surface area contributed by atoms with Crippen molar-refractivity contribution in [3.63, 3.8) is 0 Å². The van der Waals surface area contributed by atoms with Crippen LogP contribution in [0.1, 0.15) is 341 Å². The summed E-state index contributed by atoms with van der Waals surface area (Å²) in [5.41, 5.74) is -14.8. The van der Waals surface area contributed by atoms with Gasteiger partial charge in [-0.3, -0.25) is 57.5 Å². The van der Waals surface area contributed by atoms with E-state index in [9.17, 15) is 48.4 Å². The van der Waals surface area contributed by atoms with Gasteiger partial charge in [0.25, 0.3) is 6.26 Å². The molecule has 0 heterocycles. The molecule has 0 aliphatic carbocycles. The van der Waals surface area contributed by atoms with Gasteiger partial charge in [0.2, 0.25) is 17.7 Å². The number of carbonyl (C=O) groups excluding carboxylic acids is 12. The average molecular weight is 1470 g/mol. The monoisotopic (exact) mass is 1460 g/mol. The first-order chi connectivity index (χ1) is 46.3. The van der Waals surface area contributed by atoms with E-state index in [2.05, 4.69) is 16.0 Å². The summed E-state index contributed by atoms with van der Waals surface area (Å²) in [5.74, 6) is -8.05. The predicted molar refractivity (Wildman–Crippen MR) is 385 cm³/mol. The van der Waals surface area contributed by atoms with E-state index in [4.69, 9.17) is 47.4 Å². The first kappa shape index (κ1) is 95.9. The predicted octanol–water partition coefficient (Wildman–Crippen LogP) is 13.2. The second-order valence-corrected chi connectivity index (χ2v) is 36.1. The first-order valence-electron chi connectivity index (χ1n) is 36.2. The van der Waals surface area contributed by atoms with E-state index in [1.54, 1.807) is 193 Å². The number of esters is 9. The molecule has 0 aliphatic rings. The maximum absolute atomic E-state index is 15.1. The largest absolute Gasteiger partial charge is 0.460 e. The van der Waals surface area contributed by atoms with Crippen molar-refractivity contribution in [2.45, 2.75) is 414 Å². The highest BCUT2D eigenvalue weighted by Gasteiger charge is 2.43. The van der Waals surface area contributed by atoms with Gasteiger partial charge in [-0.25, -0.2) is 0 Å². The van der Waals surface area contributed by atoms with Gasteiger partial charge in [-0.05, 0) is 264 Å². The molecule has 0 spiro atoms. The normalized spacial score (nSPS) is 13.0. The topological polar surface area (TPSA) is 357 Å². The molecule has 0 aromatic heterocycles. The molecule has 0 aliphatic heterocycles. The molecule has 26 heteroatoms. The van der Waals surface area contributed by atoms with Crippen LogP contribution in [0.3, 0.4) is 0 Å². The molecule has 0 fully saturated rings. The molecule has 592 valence electrons. The number of amides is 3. The number of hydrogen-bond donors (Lipinski definition) is 3. The standard InChI is InChI=1S/C77H132N4O22/c1-65(2,3)95-56(85)31-40-74(41-32-57(86)96-66(4,5)6,42-33-58(87)97-67(7,8)9)79-53(82)28-49-77(94-52-78,50-29-54(83)80-75(43-34-59(88)98-68(10,11)12,44-35-60(89)99-69(13,14)15)45-36-61(90)100-70(16,17)18)51-30-55(84)81-76(46-37-62(91)101-71(19,20)21,47-38-63(92)102-72(22,23)24)48-39-64(93)103-73(25,26)27/h28-51H2,1-27H3,(H,79,82)(H,80,83)(H,81,84). The van der Waals surface area contributed by atoms with Crippen molar-refractivity contribution in [2.75, 3.05) is 0 Å². The Balaban J connectivity index is 8.72. The molecule has 0 atom stereocenters. The molecule has 0 aromatic carbocycles.